The van der Waals surface area contributed by atoms with Crippen molar-refractivity contribution in [1.29, 1.82) is 0 Å². The zero-order valence-corrected chi connectivity index (χ0v) is 16.9. The molecule has 8 nitrogen and oxygen atoms in total. The van der Waals surface area contributed by atoms with Gasteiger partial charge in [-0.1, -0.05) is 0 Å². The molecule has 3 rings (SSSR count). The summed E-state index contributed by atoms with van der Waals surface area (Å²) in [6.07, 6.45) is 3.60. The lowest BCUT2D eigenvalue weighted by Crippen LogP contribution is -2.22. The first-order valence-corrected chi connectivity index (χ1v) is 9.56. The molecule has 152 valence electrons. The lowest BCUT2D eigenvalue weighted by molar-refractivity contribution is 0.254. The SMILES string of the molecule is COc1cc(N)nc(N(C)c2ccc(OC)c(OCCCN3CCCC3)c2)n1. The molecule has 2 heterocycles. The highest BCUT2D eigenvalue weighted by Gasteiger charge is 2.14. The van der Waals surface area contributed by atoms with Crippen LogP contribution >= 0.6 is 0 Å². The molecule has 1 saturated heterocycles. The zero-order chi connectivity index (χ0) is 19.9. The van der Waals surface area contributed by atoms with Crippen molar-refractivity contribution in [3.05, 3.63) is 24.3 Å². The predicted molar refractivity (Wildman–Crippen MR) is 110 cm³/mol. The highest BCUT2D eigenvalue weighted by molar-refractivity contribution is 5.62. The Balaban J connectivity index is 1.69. The van der Waals surface area contributed by atoms with Gasteiger partial charge < -0.3 is 29.7 Å². The van der Waals surface area contributed by atoms with Gasteiger partial charge in [0.15, 0.2) is 11.5 Å². The molecule has 0 bridgehead atoms. The van der Waals surface area contributed by atoms with Gasteiger partial charge in [0, 0.05) is 31.4 Å². The fourth-order valence-corrected chi connectivity index (χ4v) is 3.26. The Morgan fingerprint density at radius 3 is 2.57 bits per heavy atom. The first kappa shape index (κ1) is 20.0. The van der Waals surface area contributed by atoms with Gasteiger partial charge in [0.25, 0.3) is 0 Å². The van der Waals surface area contributed by atoms with Crippen LogP contribution in [0.5, 0.6) is 17.4 Å². The summed E-state index contributed by atoms with van der Waals surface area (Å²) < 4.78 is 16.6. The van der Waals surface area contributed by atoms with Gasteiger partial charge in [0.05, 0.1) is 20.8 Å². The summed E-state index contributed by atoms with van der Waals surface area (Å²) >= 11 is 0. The van der Waals surface area contributed by atoms with Crippen LogP contribution in [-0.4, -0.2) is 62.4 Å². The quantitative estimate of drug-likeness (QED) is 0.658. The number of ether oxygens (including phenoxy) is 3. The van der Waals surface area contributed by atoms with Gasteiger partial charge in [-0.3, -0.25) is 0 Å². The molecule has 1 aromatic heterocycles. The second-order valence-corrected chi connectivity index (χ2v) is 6.78. The van der Waals surface area contributed by atoms with E-state index in [2.05, 4.69) is 14.9 Å². The molecule has 1 aromatic carbocycles. The number of aromatic nitrogens is 2. The van der Waals surface area contributed by atoms with E-state index in [4.69, 9.17) is 19.9 Å². The number of benzene rings is 1. The van der Waals surface area contributed by atoms with Gasteiger partial charge in [-0.05, 0) is 44.5 Å². The van der Waals surface area contributed by atoms with Crippen molar-refractivity contribution in [3.8, 4) is 17.4 Å². The molecule has 0 saturated carbocycles. The fourth-order valence-electron chi connectivity index (χ4n) is 3.26. The van der Waals surface area contributed by atoms with E-state index in [1.54, 1.807) is 20.3 Å². The Hall–Kier alpha value is -2.74. The van der Waals surface area contributed by atoms with E-state index in [0.29, 0.717) is 35.8 Å². The summed E-state index contributed by atoms with van der Waals surface area (Å²) in [5.41, 5.74) is 6.72. The number of hydrogen-bond donors (Lipinski definition) is 1. The molecule has 0 spiro atoms. The van der Waals surface area contributed by atoms with Crippen molar-refractivity contribution >= 4 is 17.5 Å². The zero-order valence-electron chi connectivity index (χ0n) is 16.9. The van der Waals surface area contributed by atoms with E-state index in [9.17, 15) is 0 Å². The van der Waals surface area contributed by atoms with E-state index in [1.165, 1.54) is 25.9 Å². The van der Waals surface area contributed by atoms with Gasteiger partial charge in [0.2, 0.25) is 11.8 Å². The van der Waals surface area contributed by atoms with Gasteiger partial charge in [0.1, 0.15) is 5.82 Å². The third-order valence-electron chi connectivity index (χ3n) is 4.83. The van der Waals surface area contributed by atoms with E-state index in [1.807, 2.05) is 30.1 Å². The molecule has 2 N–H and O–H groups in total. The Kier molecular flexibility index (Phi) is 6.76. The van der Waals surface area contributed by atoms with E-state index < -0.39 is 0 Å². The first-order valence-electron chi connectivity index (χ1n) is 9.56. The molecular formula is C20H29N5O3. The first-order chi connectivity index (χ1) is 13.6. The summed E-state index contributed by atoms with van der Waals surface area (Å²) in [5, 5.41) is 0. The topological polar surface area (TPSA) is 86.0 Å². The molecule has 0 amide bonds. The average molecular weight is 387 g/mol. The molecule has 1 aliphatic rings. The number of likely N-dealkylation sites (tertiary alicyclic amines) is 1. The molecular weight excluding hydrogens is 358 g/mol. The Morgan fingerprint density at radius 1 is 1.07 bits per heavy atom. The van der Waals surface area contributed by atoms with Crippen molar-refractivity contribution < 1.29 is 14.2 Å². The number of hydrogen-bond acceptors (Lipinski definition) is 8. The molecule has 1 aliphatic heterocycles. The number of nitrogen functional groups attached to an aromatic ring is 1. The maximum atomic E-state index is 6.01. The predicted octanol–water partition coefficient (Wildman–Crippen LogP) is 2.71. The van der Waals surface area contributed by atoms with Crippen LogP contribution in [0.2, 0.25) is 0 Å². The number of nitrogens with zero attached hydrogens (tertiary/aromatic N) is 4. The van der Waals surface area contributed by atoms with Gasteiger partial charge in [-0.15, -0.1) is 0 Å². The normalized spacial score (nSPS) is 14.1. The van der Waals surface area contributed by atoms with Gasteiger partial charge in [-0.25, -0.2) is 0 Å². The van der Waals surface area contributed by atoms with Crippen molar-refractivity contribution in [2.75, 3.05) is 58.1 Å². The van der Waals surface area contributed by atoms with Crippen LogP contribution in [0.4, 0.5) is 17.5 Å². The second kappa shape index (κ2) is 9.45. The second-order valence-electron chi connectivity index (χ2n) is 6.78. The standard InChI is InChI=1S/C20H29N5O3/c1-24(20-22-18(21)14-19(23-20)27-3)15-7-8-16(26-2)17(13-15)28-12-6-11-25-9-4-5-10-25/h7-8,13-14H,4-6,9-12H2,1-3H3,(H2,21,22,23). The highest BCUT2D eigenvalue weighted by Crippen LogP contribution is 2.33. The van der Waals surface area contributed by atoms with Crippen LogP contribution in [0, 0.1) is 0 Å². The molecule has 8 heteroatoms. The van der Waals surface area contributed by atoms with Crippen molar-refractivity contribution in [2.24, 2.45) is 0 Å². The van der Waals surface area contributed by atoms with Crippen molar-refractivity contribution in [3.63, 3.8) is 0 Å². The van der Waals surface area contributed by atoms with Crippen LogP contribution in [0.25, 0.3) is 0 Å². The largest absolute Gasteiger partial charge is 0.493 e. The van der Waals surface area contributed by atoms with E-state index in [0.717, 1.165) is 18.7 Å². The van der Waals surface area contributed by atoms with Crippen LogP contribution in [0.3, 0.4) is 0 Å². The highest BCUT2D eigenvalue weighted by atomic mass is 16.5. The molecule has 28 heavy (non-hydrogen) atoms. The van der Waals surface area contributed by atoms with E-state index in [-0.39, 0.29) is 0 Å². The lowest BCUT2D eigenvalue weighted by Gasteiger charge is -2.20. The maximum Gasteiger partial charge on any atom is 0.234 e. The summed E-state index contributed by atoms with van der Waals surface area (Å²) in [6, 6.07) is 7.31. The Labute approximate surface area is 166 Å². The molecule has 1 fully saturated rings. The monoisotopic (exact) mass is 387 g/mol. The molecule has 2 aromatic rings. The Morgan fingerprint density at radius 2 is 1.86 bits per heavy atom. The minimum absolute atomic E-state index is 0.348. The summed E-state index contributed by atoms with van der Waals surface area (Å²) in [5.74, 6) is 2.61. The van der Waals surface area contributed by atoms with Gasteiger partial charge in [-0.2, -0.15) is 9.97 Å². The number of nitrogens with two attached hydrogens (primary N) is 1. The number of anilines is 3. The Bertz CT molecular complexity index is 780. The van der Waals surface area contributed by atoms with Crippen LogP contribution in [-0.2, 0) is 0 Å². The van der Waals surface area contributed by atoms with Crippen LogP contribution in [0.15, 0.2) is 24.3 Å². The lowest BCUT2D eigenvalue weighted by atomic mass is 10.2. The molecule has 0 radical (unpaired) electrons. The fraction of sp³-hybridized carbons (Fsp3) is 0.500. The minimum atomic E-state index is 0.348. The molecule has 0 unspecified atom stereocenters. The number of rotatable bonds is 9. The van der Waals surface area contributed by atoms with Crippen molar-refractivity contribution in [1.82, 2.24) is 14.9 Å². The minimum Gasteiger partial charge on any atom is -0.493 e. The molecule has 0 aliphatic carbocycles. The molecule has 0 atom stereocenters. The van der Waals surface area contributed by atoms with Crippen molar-refractivity contribution in [2.45, 2.75) is 19.3 Å². The third-order valence-corrected chi connectivity index (χ3v) is 4.83. The maximum absolute atomic E-state index is 6.01. The average Bonchev–Trinajstić information content (AvgIpc) is 3.23. The smallest absolute Gasteiger partial charge is 0.234 e. The van der Waals surface area contributed by atoms with Gasteiger partial charge >= 0.3 is 0 Å². The summed E-state index contributed by atoms with van der Waals surface area (Å²) in [6.45, 7) is 4.11. The summed E-state index contributed by atoms with van der Waals surface area (Å²) in [7, 11) is 5.06. The van der Waals surface area contributed by atoms with Crippen LogP contribution in [0.1, 0.15) is 19.3 Å². The number of methoxy groups -OCH3 is 2. The van der Waals surface area contributed by atoms with Crippen LogP contribution < -0.4 is 24.8 Å². The summed E-state index contributed by atoms with van der Waals surface area (Å²) in [4.78, 5) is 13.0. The van der Waals surface area contributed by atoms with E-state index >= 15 is 0 Å². The third kappa shape index (κ3) is 4.95.